The Morgan fingerprint density at radius 3 is 2.07 bits per heavy atom. The molecule has 0 aliphatic rings. The fourth-order valence-electron chi connectivity index (χ4n) is 2.80. The van der Waals surface area contributed by atoms with Gasteiger partial charge in [-0.2, -0.15) is 0 Å². The molecule has 0 fully saturated rings. The summed E-state index contributed by atoms with van der Waals surface area (Å²) >= 11 is 1.38. The number of benzene rings is 2. The number of rotatable bonds is 7. The monoisotopic (exact) mass is 402 g/mol. The highest BCUT2D eigenvalue weighted by Gasteiger charge is 2.20. The Bertz CT molecular complexity index is 1020. The van der Waals surface area contributed by atoms with Gasteiger partial charge in [0, 0.05) is 4.90 Å². The summed E-state index contributed by atoms with van der Waals surface area (Å²) in [6.45, 7) is 0. The van der Waals surface area contributed by atoms with Crippen LogP contribution in [-0.2, 0) is 0 Å². The molecule has 1 heterocycles. The zero-order valence-corrected chi connectivity index (χ0v) is 16.5. The Hall–Kier alpha value is -3.20. The van der Waals surface area contributed by atoms with Gasteiger partial charge in [0.25, 0.3) is 0 Å². The number of hydrogen-bond donors (Lipinski definition) is 0. The summed E-state index contributed by atoms with van der Waals surface area (Å²) in [6.07, 6.45) is 0. The molecule has 0 N–H and O–H groups in total. The largest absolute Gasteiger partial charge is 0.493 e. The summed E-state index contributed by atoms with van der Waals surface area (Å²) in [5.74, 6) is 1.77. The highest BCUT2D eigenvalue weighted by Crippen LogP contribution is 2.43. The summed E-state index contributed by atoms with van der Waals surface area (Å²) < 4.78 is 21.2. The van der Waals surface area contributed by atoms with Crippen molar-refractivity contribution in [1.82, 2.24) is 4.98 Å². The van der Waals surface area contributed by atoms with Gasteiger partial charge in [-0.1, -0.05) is 11.8 Å². The van der Waals surface area contributed by atoms with Crippen molar-refractivity contribution in [3.8, 4) is 23.0 Å². The lowest BCUT2D eigenvalue weighted by Crippen LogP contribution is -1.96. The van der Waals surface area contributed by atoms with Gasteiger partial charge in [0.2, 0.25) is 5.75 Å². The molecule has 0 saturated heterocycles. The van der Waals surface area contributed by atoms with Gasteiger partial charge in [-0.05, 0) is 36.4 Å². The summed E-state index contributed by atoms with van der Waals surface area (Å²) in [6, 6.07) is 10.3. The maximum atomic E-state index is 11.4. The number of methoxy groups -OCH3 is 4. The first-order chi connectivity index (χ1) is 13.5. The summed E-state index contributed by atoms with van der Waals surface area (Å²) in [4.78, 5) is 16.3. The molecule has 0 bridgehead atoms. The Morgan fingerprint density at radius 1 is 0.893 bits per heavy atom. The molecule has 0 saturated carbocycles. The van der Waals surface area contributed by atoms with E-state index in [0.717, 1.165) is 4.90 Å². The molecule has 0 aliphatic carbocycles. The maximum absolute atomic E-state index is 11.4. The van der Waals surface area contributed by atoms with Crippen LogP contribution in [-0.4, -0.2) is 38.3 Å². The Labute approximate surface area is 165 Å². The Kier molecular flexibility index (Phi) is 5.74. The topological polar surface area (TPSA) is 93.0 Å². The fraction of sp³-hybridized carbons (Fsp3) is 0.211. The van der Waals surface area contributed by atoms with Crippen LogP contribution in [0.4, 0.5) is 5.69 Å². The highest BCUT2D eigenvalue weighted by molar-refractivity contribution is 7.99. The molecule has 0 atom stereocenters. The average Bonchev–Trinajstić information content (AvgIpc) is 2.71. The molecular formula is C19H18N2O6S. The second kappa shape index (κ2) is 8.22. The van der Waals surface area contributed by atoms with Crippen LogP contribution in [0.5, 0.6) is 23.0 Å². The second-order valence-corrected chi connectivity index (χ2v) is 6.65. The number of nitro benzene ring substituents is 1. The van der Waals surface area contributed by atoms with Gasteiger partial charge in [-0.25, -0.2) is 4.98 Å². The molecule has 8 nitrogen and oxygen atoms in total. The third kappa shape index (κ3) is 3.61. The summed E-state index contributed by atoms with van der Waals surface area (Å²) in [5, 5.41) is 12.5. The molecular weight excluding hydrogens is 384 g/mol. The van der Waals surface area contributed by atoms with Crippen LogP contribution in [0.25, 0.3) is 10.9 Å². The zero-order valence-electron chi connectivity index (χ0n) is 15.7. The van der Waals surface area contributed by atoms with Gasteiger partial charge < -0.3 is 18.9 Å². The molecule has 0 unspecified atom stereocenters. The first-order valence-corrected chi connectivity index (χ1v) is 8.94. The van der Waals surface area contributed by atoms with E-state index in [-0.39, 0.29) is 11.4 Å². The first kappa shape index (κ1) is 19.6. The van der Waals surface area contributed by atoms with Crippen molar-refractivity contribution in [2.45, 2.75) is 9.92 Å². The minimum absolute atomic E-state index is 0.100. The normalized spacial score (nSPS) is 10.6. The van der Waals surface area contributed by atoms with E-state index in [1.807, 2.05) is 12.1 Å². The van der Waals surface area contributed by atoms with Crippen molar-refractivity contribution in [3.05, 3.63) is 46.5 Å². The summed E-state index contributed by atoms with van der Waals surface area (Å²) in [5.41, 5.74) is 0.404. The smallest absolute Gasteiger partial charge is 0.320 e. The van der Waals surface area contributed by atoms with E-state index in [1.165, 1.54) is 18.9 Å². The van der Waals surface area contributed by atoms with E-state index in [9.17, 15) is 10.1 Å². The van der Waals surface area contributed by atoms with Gasteiger partial charge in [0.1, 0.15) is 5.03 Å². The van der Waals surface area contributed by atoms with Gasteiger partial charge in [0.15, 0.2) is 17.2 Å². The van der Waals surface area contributed by atoms with E-state index in [0.29, 0.717) is 33.2 Å². The van der Waals surface area contributed by atoms with Crippen LogP contribution in [0, 0.1) is 10.1 Å². The quantitative estimate of drug-likeness (QED) is 0.426. The molecule has 28 heavy (non-hydrogen) atoms. The Morgan fingerprint density at radius 2 is 1.54 bits per heavy atom. The van der Waals surface area contributed by atoms with Crippen LogP contribution >= 0.6 is 11.8 Å². The SMILES string of the molecule is COc1cc(Sc2ccc3c([N+](=O)[O-])c(OC)ccc3n2)cc(OC)c1OC. The lowest BCUT2D eigenvalue weighted by molar-refractivity contribution is -0.383. The first-order valence-electron chi connectivity index (χ1n) is 8.12. The molecule has 0 radical (unpaired) electrons. The lowest BCUT2D eigenvalue weighted by Gasteiger charge is -2.13. The standard InChI is InChI=1S/C19H18N2O6S/c1-24-14-7-6-13-12(18(14)21(22)23)5-8-17(20-13)28-11-9-15(25-2)19(27-4)16(10-11)26-3/h5-10H,1-4H3. The summed E-state index contributed by atoms with van der Waals surface area (Å²) in [7, 11) is 6.04. The molecule has 1 aromatic heterocycles. The van der Waals surface area contributed by atoms with E-state index in [2.05, 4.69) is 4.98 Å². The van der Waals surface area contributed by atoms with E-state index in [4.69, 9.17) is 18.9 Å². The van der Waals surface area contributed by atoms with Crippen molar-refractivity contribution >= 4 is 28.4 Å². The van der Waals surface area contributed by atoms with Crippen molar-refractivity contribution in [2.24, 2.45) is 0 Å². The van der Waals surface area contributed by atoms with Crippen LogP contribution in [0.3, 0.4) is 0 Å². The fourth-order valence-corrected chi connectivity index (χ4v) is 3.65. The average molecular weight is 402 g/mol. The number of fused-ring (bicyclic) bond motifs is 1. The molecule has 9 heteroatoms. The van der Waals surface area contributed by atoms with Crippen molar-refractivity contribution in [2.75, 3.05) is 28.4 Å². The van der Waals surface area contributed by atoms with Gasteiger partial charge in [0.05, 0.1) is 44.3 Å². The number of nitro groups is 1. The zero-order chi connectivity index (χ0) is 20.3. The van der Waals surface area contributed by atoms with Crippen molar-refractivity contribution in [3.63, 3.8) is 0 Å². The maximum Gasteiger partial charge on any atom is 0.320 e. The van der Waals surface area contributed by atoms with E-state index < -0.39 is 4.92 Å². The molecule has 0 spiro atoms. The number of ether oxygens (including phenoxy) is 4. The number of aromatic nitrogens is 1. The van der Waals surface area contributed by atoms with Crippen LogP contribution in [0.2, 0.25) is 0 Å². The third-order valence-electron chi connectivity index (χ3n) is 4.04. The molecule has 146 valence electrons. The number of hydrogen-bond acceptors (Lipinski definition) is 8. The number of pyridine rings is 1. The Balaban J connectivity index is 2.03. The van der Waals surface area contributed by atoms with Crippen LogP contribution < -0.4 is 18.9 Å². The second-order valence-electron chi connectivity index (χ2n) is 5.55. The number of nitrogens with zero attached hydrogens (tertiary/aromatic N) is 2. The molecule has 0 aliphatic heterocycles. The molecule has 2 aromatic carbocycles. The minimum Gasteiger partial charge on any atom is -0.493 e. The van der Waals surface area contributed by atoms with Crippen LogP contribution in [0.1, 0.15) is 0 Å². The molecule has 3 aromatic rings. The van der Waals surface area contributed by atoms with Gasteiger partial charge in [-0.15, -0.1) is 0 Å². The predicted octanol–water partition coefficient (Wildman–Crippen LogP) is 4.33. The molecule has 3 rings (SSSR count). The lowest BCUT2D eigenvalue weighted by atomic mass is 10.1. The van der Waals surface area contributed by atoms with E-state index >= 15 is 0 Å². The molecule has 0 amide bonds. The van der Waals surface area contributed by atoms with E-state index in [1.54, 1.807) is 45.6 Å². The highest BCUT2D eigenvalue weighted by atomic mass is 32.2. The van der Waals surface area contributed by atoms with Crippen molar-refractivity contribution in [1.29, 1.82) is 0 Å². The minimum atomic E-state index is -0.463. The predicted molar refractivity (Wildman–Crippen MR) is 105 cm³/mol. The third-order valence-corrected chi connectivity index (χ3v) is 4.95. The van der Waals surface area contributed by atoms with Gasteiger partial charge >= 0.3 is 5.69 Å². The van der Waals surface area contributed by atoms with Crippen LogP contribution in [0.15, 0.2) is 46.3 Å². The van der Waals surface area contributed by atoms with Gasteiger partial charge in [-0.3, -0.25) is 10.1 Å². The van der Waals surface area contributed by atoms with Crippen molar-refractivity contribution < 1.29 is 23.9 Å².